The Morgan fingerprint density at radius 2 is 2.16 bits per heavy atom. The quantitative estimate of drug-likeness (QED) is 0.0645. The third kappa shape index (κ3) is 5.42. The van der Waals surface area contributed by atoms with Crippen molar-refractivity contribution in [2.75, 3.05) is 28.7 Å². The summed E-state index contributed by atoms with van der Waals surface area (Å²) in [6, 6.07) is -0.887. The third-order valence-corrected chi connectivity index (χ3v) is 8.76. The zero-order chi connectivity index (χ0) is 26.9. The molecule has 14 nitrogen and oxygen atoms in total. The van der Waals surface area contributed by atoms with E-state index < -0.39 is 29.2 Å². The van der Waals surface area contributed by atoms with Gasteiger partial charge in [0.25, 0.3) is 11.8 Å². The highest BCUT2D eigenvalue weighted by Gasteiger charge is 2.54. The SMILES string of the molecule is Cc1c(N)nc(SCC2=C(C(=O)O)N3C(=O)C(NC(=O)/C=N\OCc4csc(N)n4)C3SC2)[n+](C)c1N. The number of β-lactam (4-membered cyclic amide) rings is 1. The molecule has 2 aromatic heterocycles. The summed E-state index contributed by atoms with van der Waals surface area (Å²) in [6.07, 6.45) is 0.904. The Labute approximate surface area is 223 Å². The number of nitrogens with one attached hydrogen (secondary N) is 1. The van der Waals surface area contributed by atoms with Crippen molar-refractivity contribution >= 4 is 75.6 Å². The monoisotopic (exact) mass is 566 g/mol. The van der Waals surface area contributed by atoms with Gasteiger partial charge in [0.1, 0.15) is 23.3 Å². The van der Waals surface area contributed by atoms with E-state index in [0.717, 1.165) is 6.21 Å². The van der Waals surface area contributed by atoms with Gasteiger partial charge in [-0.05, 0) is 24.3 Å². The van der Waals surface area contributed by atoms with Gasteiger partial charge in [0.15, 0.2) is 11.7 Å². The molecule has 8 N–H and O–H groups in total. The summed E-state index contributed by atoms with van der Waals surface area (Å²) in [4.78, 5) is 51.7. The second kappa shape index (κ2) is 10.8. The van der Waals surface area contributed by atoms with Gasteiger partial charge in [-0.1, -0.05) is 10.1 Å². The molecule has 1 fully saturated rings. The number of aromatic nitrogens is 3. The number of thioether (sulfide) groups is 2. The molecule has 2 aromatic rings. The zero-order valence-electron chi connectivity index (χ0n) is 19.7. The molecule has 17 heteroatoms. The predicted octanol–water partition coefficient (Wildman–Crippen LogP) is -0.549. The molecule has 2 amide bonds. The van der Waals surface area contributed by atoms with Crippen LogP contribution in [-0.2, 0) is 32.9 Å². The first-order valence-electron chi connectivity index (χ1n) is 10.7. The first-order valence-corrected chi connectivity index (χ1v) is 13.6. The number of carbonyl (C=O) groups excluding carboxylic acids is 2. The lowest BCUT2D eigenvalue weighted by Crippen LogP contribution is -2.70. The van der Waals surface area contributed by atoms with Gasteiger partial charge in [-0.3, -0.25) is 14.5 Å². The van der Waals surface area contributed by atoms with E-state index in [0.29, 0.717) is 44.5 Å². The van der Waals surface area contributed by atoms with Crippen LogP contribution in [0.2, 0.25) is 0 Å². The van der Waals surface area contributed by atoms with E-state index in [2.05, 4.69) is 20.4 Å². The number of carboxylic acid groups (broad SMARTS) is 1. The number of fused-ring (bicyclic) bond motifs is 1. The minimum absolute atomic E-state index is 0.0367. The summed E-state index contributed by atoms with van der Waals surface area (Å²) in [7, 11) is 1.74. The van der Waals surface area contributed by atoms with Crippen molar-refractivity contribution in [2.45, 2.75) is 30.1 Å². The number of carbonyl (C=O) groups is 3. The van der Waals surface area contributed by atoms with Gasteiger partial charge in [0.05, 0.1) is 18.3 Å². The molecule has 2 aliphatic heterocycles. The third-order valence-electron chi connectivity index (χ3n) is 5.58. The molecular weight excluding hydrogens is 542 g/mol. The van der Waals surface area contributed by atoms with Crippen molar-refractivity contribution in [3.8, 4) is 0 Å². The van der Waals surface area contributed by atoms with Crippen molar-refractivity contribution in [1.82, 2.24) is 20.2 Å². The topological polar surface area (TPSA) is 216 Å². The number of nitrogen functional groups attached to an aromatic ring is 3. The molecule has 4 rings (SSSR count). The molecule has 0 radical (unpaired) electrons. The van der Waals surface area contributed by atoms with Crippen LogP contribution in [-0.4, -0.2) is 66.9 Å². The van der Waals surface area contributed by atoms with Crippen molar-refractivity contribution in [3.05, 3.63) is 27.9 Å². The molecule has 0 bridgehead atoms. The van der Waals surface area contributed by atoms with Crippen LogP contribution >= 0.6 is 34.9 Å². The summed E-state index contributed by atoms with van der Waals surface area (Å²) in [6.45, 7) is 1.80. The van der Waals surface area contributed by atoms with E-state index in [4.69, 9.17) is 22.0 Å². The van der Waals surface area contributed by atoms with E-state index in [1.807, 2.05) is 0 Å². The van der Waals surface area contributed by atoms with Gasteiger partial charge in [-0.2, -0.15) is 0 Å². The smallest absolute Gasteiger partial charge is 0.352 e. The Balaban J connectivity index is 1.38. The summed E-state index contributed by atoms with van der Waals surface area (Å²) in [5.74, 6) is -1.03. The molecule has 2 aliphatic rings. The largest absolute Gasteiger partial charge is 0.477 e. The maximum absolute atomic E-state index is 12.8. The average Bonchev–Trinajstić information content (AvgIpc) is 3.29. The van der Waals surface area contributed by atoms with E-state index in [1.165, 1.54) is 39.8 Å². The van der Waals surface area contributed by atoms with Gasteiger partial charge in [-0.15, -0.1) is 23.1 Å². The Bertz CT molecular complexity index is 1330. The molecule has 0 saturated carbocycles. The average molecular weight is 567 g/mol. The molecule has 4 heterocycles. The van der Waals surface area contributed by atoms with E-state index in [-0.39, 0.29) is 18.1 Å². The highest BCUT2D eigenvalue weighted by atomic mass is 32.2. The second-order valence-corrected chi connectivity index (χ2v) is 10.9. The molecule has 2 unspecified atom stereocenters. The van der Waals surface area contributed by atoms with Crippen LogP contribution in [0.25, 0.3) is 0 Å². The minimum atomic E-state index is -1.23. The standard InChI is InChI=1S/C20H23N9O5S3/c1-8-14(21)27-20(28(2)15(8)22)37-6-9-5-35-17-12(16(31)29(17)13(9)18(32)33)26-11(30)3-24-34-4-10-7-36-19(23)25-10/h3,7,12,17H,4-6H2,1-2H3,(H7,21,22,23,25,26,30,32,33)/p+1/b24-3-. The fraction of sp³-hybridized carbons (Fsp3) is 0.350. The molecule has 0 aromatic carbocycles. The number of hydrogen-bond donors (Lipinski definition) is 5. The highest BCUT2D eigenvalue weighted by Crippen LogP contribution is 2.41. The Morgan fingerprint density at radius 1 is 1.41 bits per heavy atom. The lowest BCUT2D eigenvalue weighted by Gasteiger charge is -2.49. The van der Waals surface area contributed by atoms with Gasteiger partial charge in [0, 0.05) is 16.9 Å². The fourth-order valence-corrected chi connectivity index (χ4v) is 6.61. The maximum Gasteiger partial charge on any atom is 0.352 e. The first kappa shape index (κ1) is 26.5. The number of nitrogens with zero attached hydrogens (tertiary/aromatic N) is 5. The first-order chi connectivity index (χ1) is 17.6. The second-order valence-electron chi connectivity index (χ2n) is 7.98. The van der Waals surface area contributed by atoms with Gasteiger partial charge >= 0.3 is 11.1 Å². The van der Waals surface area contributed by atoms with Crippen molar-refractivity contribution in [3.63, 3.8) is 0 Å². The molecule has 1 saturated heterocycles. The van der Waals surface area contributed by atoms with Crippen LogP contribution in [0.5, 0.6) is 0 Å². The number of hydrogen-bond acceptors (Lipinski definition) is 13. The van der Waals surface area contributed by atoms with Crippen molar-refractivity contribution in [1.29, 1.82) is 0 Å². The predicted molar refractivity (Wildman–Crippen MR) is 139 cm³/mol. The highest BCUT2D eigenvalue weighted by molar-refractivity contribution is 8.01. The molecular formula is C20H24N9O5S3+. The molecule has 196 valence electrons. The number of oxime groups is 1. The number of anilines is 3. The zero-order valence-corrected chi connectivity index (χ0v) is 22.2. The lowest BCUT2D eigenvalue weighted by molar-refractivity contribution is -0.699. The minimum Gasteiger partial charge on any atom is -0.477 e. The van der Waals surface area contributed by atoms with Crippen LogP contribution in [0.4, 0.5) is 16.8 Å². The Hall–Kier alpha value is -3.57. The number of thiazole rings is 1. The molecule has 0 spiro atoms. The number of aliphatic carboxylic acids is 1. The molecule has 0 aliphatic carbocycles. The van der Waals surface area contributed by atoms with Crippen LogP contribution in [0, 0.1) is 6.92 Å². The number of nitrogens with two attached hydrogens (primary N) is 3. The van der Waals surface area contributed by atoms with Crippen LogP contribution in [0.3, 0.4) is 0 Å². The Kier molecular flexibility index (Phi) is 7.74. The maximum atomic E-state index is 12.8. The van der Waals surface area contributed by atoms with Gasteiger partial charge < -0.3 is 32.5 Å². The fourth-order valence-electron chi connectivity index (χ4n) is 3.59. The summed E-state index contributed by atoms with van der Waals surface area (Å²) in [5, 5.41) is 18.0. The van der Waals surface area contributed by atoms with E-state index in [9.17, 15) is 19.5 Å². The Morgan fingerprint density at radius 3 is 2.84 bits per heavy atom. The number of amides is 2. The van der Waals surface area contributed by atoms with Gasteiger partial charge in [0.2, 0.25) is 11.6 Å². The number of carboxylic acids is 1. The summed E-state index contributed by atoms with van der Waals surface area (Å²) < 4.78 is 1.67. The number of rotatable bonds is 9. The normalized spacial score (nSPS) is 19.1. The van der Waals surface area contributed by atoms with Crippen LogP contribution in [0.15, 0.2) is 27.0 Å². The summed E-state index contributed by atoms with van der Waals surface area (Å²) >= 11 is 3.88. The van der Waals surface area contributed by atoms with E-state index >= 15 is 0 Å². The van der Waals surface area contributed by atoms with Gasteiger partial charge in [-0.25, -0.2) is 14.3 Å². The molecule has 2 atom stereocenters. The van der Waals surface area contributed by atoms with E-state index in [1.54, 1.807) is 23.9 Å². The van der Waals surface area contributed by atoms with Crippen LogP contribution < -0.4 is 27.1 Å². The van der Waals surface area contributed by atoms with Crippen LogP contribution in [0.1, 0.15) is 11.3 Å². The van der Waals surface area contributed by atoms with Crippen molar-refractivity contribution < 1.29 is 28.9 Å². The van der Waals surface area contributed by atoms with Crippen molar-refractivity contribution in [2.24, 2.45) is 12.2 Å². The molecule has 37 heavy (non-hydrogen) atoms. The lowest BCUT2D eigenvalue weighted by atomic mass is 10.0. The summed E-state index contributed by atoms with van der Waals surface area (Å²) in [5.41, 5.74) is 19.2.